The molecule has 72 valence electrons. The van der Waals surface area contributed by atoms with Gasteiger partial charge in [0.15, 0.2) is 0 Å². The molecule has 1 aromatic carbocycles. The summed E-state index contributed by atoms with van der Waals surface area (Å²) >= 11 is 5.83. The molecule has 0 atom stereocenters. The Kier molecular flexibility index (Phi) is 2.16. The minimum atomic E-state index is 0.323. The van der Waals surface area contributed by atoms with Crippen LogP contribution in [0.3, 0.4) is 0 Å². The van der Waals surface area contributed by atoms with Crippen molar-refractivity contribution in [3.05, 3.63) is 34.2 Å². The standard InChI is InChI=1S/C11H11ClN2/c1-6-4-5-9-8(3)13-11(12)14-10(9)7(6)2/h4-5H,1-3H3. The minimum Gasteiger partial charge on any atom is -0.223 e. The number of nitrogens with zero attached hydrogens (tertiary/aromatic N) is 2. The van der Waals surface area contributed by atoms with Crippen LogP contribution >= 0.6 is 11.6 Å². The topological polar surface area (TPSA) is 25.8 Å². The average Bonchev–Trinajstić information content (AvgIpc) is 2.12. The van der Waals surface area contributed by atoms with Crippen molar-refractivity contribution in [2.75, 3.05) is 0 Å². The van der Waals surface area contributed by atoms with Crippen molar-refractivity contribution in [2.24, 2.45) is 0 Å². The van der Waals surface area contributed by atoms with E-state index in [1.807, 2.05) is 13.0 Å². The van der Waals surface area contributed by atoms with Crippen LogP contribution in [0.2, 0.25) is 5.28 Å². The molecule has 1 heterocycles. The number of aromatic nitrogens is 2. The van der Waals surface area contributed by atoms with Gasteiger partial charge in [0, 0.05) is 5.39 Å². The summed E-state index contributed by atoms with van der Waals surface area (Å²) in [6.45, 7) is 6.07. The maximum absolute atomic E-state index is 5.83. The van der Waals surface area contributed by atoms with Crippen LogP contribution in [-0.2, 0) is 0 Å². The van der Waals surface area contributed by atoms with Gasteiger partial charge in [-0.05, 0) is 43.5 Å². The van der Waals surface area contributed by atoms with E-state index in [9.17, 15) is 0 Å². The summed E-state index contributed by atoms with van der Waals surface area (Å²) in [7, 11) is 0. The van der Waals surface area contributed by atoms with Gasteiger partial charge in [-0.15, -0.1) is 0 Å². The predicted molar refractivity (Wildman–Crippen MR) is 58.8 cm³/mol. The van der Waals surface area contributed by atoms with Gasteiger partial charge in [0.05, 0.1) is 11.2 Å². The molecule has 0 N–H and O–H groups in total. The zero-order valence-electron chi connectivity index (χ0n) is 8.43. The smallest absolute Gasteiger partial charge is 0.223 e. The van der Waals surface area contributed by atoms with Crippen LogP contribution in [0.4, 0.5) is 0 Å². The van der Waals surface area contributed by atoms with E-state index in [0.29, 0.717) is 5.28 Å². The molecule has 0 saturated heterocycles. The maximum atomic E-state index is 5.83. The molecular weight excluding hydrogens is 196 g/mol. The second-order valence-corrected chi connectivity index (χ2v) is 3.82. The van der Waals surface area contributed by atoms with Crippen molar-refractivity contribution in [1.82, 2.24) is 9.97 Å². The van der Waals surface area contributed by atoms with Gasteiger partial charge in [-0.2, -0.15) is 0 Å². The average molecular weight is 207 g/mol. The third kappa shape index (κ3) is 1.36. The molecule has 0 aliphatic heterocycles. The molecule has 3 heteroatoms. The lowest BCUT2D eigenvalue weighted by Gasteiger charge is -2.06. The number of hydrogen-bond acceptors (Lipinski definition) is 2. The third-order valence-corrected chi connectivity index (χ3v) is 2.72. The second-order valence-electron chi connectivity index (χ2n) is 3.48. The molecule has 0 aliphatic carbocycles. The molecule has 0 amide bonds. The molecule has 0 fully saturated rings. The van der Waals surface area contributed by atoms with Crippen LogP contribution < -0.4 is 0 Å². The molecule has 0 spiro atoms. The van der Waals surface area contributed by atoms with E-state index in [4.69, 9.17) is 11.6 Å². The second kappa shape index (κ2) is 3.21. The molecule has 2 nitrogen and oxygen atoms in total. The largest absolute Gasteiger partial charge is 0.223 e. The molecule has 2 aromatic rings. The van der Waals surface area contributed by atoms with Gasteiger partial charge in [0.25, 0.3) is 0 Å². The molecule has 0 bridgehead atoms. The first-order valence-corrected chi connectivity index (χ1v) is 4.87. The van der Waals surface area contributed by atoms with Crippen molar-refractivity contribution >= 4 is 22.5 Å². The van der Waals surface area contributed by atoms with E-state index >= 15 is 0 Å². The minimum absolute atomic E-state index is 0.323. The quantitative estimate of drug-likeness (QED) is 0.619. The van der Waals surface area contributed by atoms with E-state index in [0.717, 1.165) is 16.6 Å². The molecule has 0 radical (unpaired) electrons. The van der Waals surface area contributed by atoms with E-state index in [2.05, 4.69) is 29.9 Å². The number of hydrogen-bond donors (Lipinski definition) is 0. The summed E-state index contributed by atoms with van der Waals surface area (Å²) in [6, 6.07) is 4.13. The summed E-state index contributed by atoms with van der Waals surface area (Å²) in [5.41, 5.74) is 4.30. The van der Waals surface area contributed by atoms with E-state index in [1.165, 1.54) is 11.1 Å². The van der Waals surface area contributed by atoms with Crippen LogP contribution in [0.1, 0.15) is 16.8 Å². The Bertz CT molecular complexity index is 506. The fourth-order valence-electron chi connectivity index (χ4n) is 1.55. The van der Waals surface area contributed by atoms with Gasteiger partial charge in [0.1, 0.15) is 0 Å². The van der Waals surface area contributed by atoms with E-state index in [1.54, 1.807) is 0 Å². The van der Waals surface area contributed by atoms with Crippen LogP contribution in [0.5, 0.6) is 0 Å². The lowest BCUT2D eigenvalue weighted by Crippen LogP contribution is -1.93. The highest BCUT2D eigenvalue weighted by molar-refractivity contribution is 6.28. The highest BCUT2D eigenvalue weighted by Gasteiger charge is 2.06. The number of fused-ring (bicyclic) bond motifs is 1. The zero-order chi connectivity index (χ0) is 10.3. The van der Waals surface area contributed by atoms with Gasteiger partial charge >= 0.3 is 0 Å². The summed E-state index contributed by atoms with van der Waals surface area (Å²) in [4.78, 5) is 8.38. The van der Waals surface area contributed by atoms with Crippen molar-refractivity contribution in [3.8, 4) is 0 Å². The van der Waals surface area contributed by atoms with Crippen LogP contribution in [0.25, 0.3) is 10.9 Å². The molecule has 14 heavy (non-hydrogen) atoms. The predicted octanol–water partition coefficient (Wildman–Crippen LogP) is 3.21. The monoisotopic (exact) mass is 206 g/mol. The number of halogens is 1. The van der Waals surface area contributed by atoms with Gasteiger partial charge in [0.2, 0.25) is 5.28 Å². The van der Waals surface area contributed by atoms with Gasteiger partial charge in [-0.1, -0.05) is 12.1 Å². The molecule has 0 saturated carbocycles. The number of rotatable bonds is 0. The third-order valence-electron chi connectivity index (χ3n) is 2.56. The van der Waals surface area contributed by atoms with Gasteiger partial charge in [-0.3, -0.25) is 0 Å². The van der Waals surface area contributed by atoms with E-state index < -0.39 is 0 Å². The fraction of sp³-hybridized carbons (Fsp3) is 0.273. The van der Waals surface area contributed by atoms with Gasteiger partial charge in [-0.25, -0.2) is 9.97 Å². The summed E-state index contributed by atoms with van der Waals surface area (Å²) in [6.07, 6.45) is 0. The summed E-state index contributed by atoms with van der Waals surface area (Å²) < 4.78 is 0. The van der Waals surface area contributed by atoms with Gasteiger partial charge < -0.3 is 0 Å². The molecule has 0 aliphatic rings. The Morgan fingerprint density at radius 3 is 2.50 bits per heavy atom. The molecular formula is C11H11ClN2. The normalized spacial score (nSPS) is 10.9. The maximum Gasteiger partial charge on any atom is 0.223 e. The highest BCUT2D eigenvalue weighted by atomic mass is 35.5. The number of aryl methyl sites for hydroxylation is 3. The highest BCUT2D eigenvalue weighted by Crippen LogP contribution is 2.22. The zero-order valence-corrected chi connectivity index (χ0v) is 9.18. The van der Waals surface area contributed by atoms with Crippen molar-refractivity contribution in [3.63, 3.8) is 0 Å². The van der Waals surface area contributed by atoms with Crippen molar-refractivity contribution in [1.29, 1.82) is 0 Å². The Hall–Kier alpha value is -1.15. The van der Waals surface area contributed by atoms with Crippen LogP contribution in [0.15, 0.2) is 12.1 Å². The summed E-state index contributed by atoms with van der Waals surface area (Å²) in [5.74, 6) is 0. The SMILES string of the molecule is Cc1ccc2c(C)nc(Cl)nc2c1C. The number of benzene rings is 1. The Balaban J connectivity index is 2.95. The van der Waals surface area contributed by atoms with Crippen molar-refractivity contribution in [2.45, 2.75) is 20.8 Å². The first-order valence-electron chi connectivity index (χ1n) is 4.49. The van der Waals surface area contributed by atoms with Crippen LogP contribution in [-0.4, -0.2) is 9.97 Å². The molecule has 1 aromatic heterocycles. The lowest BCUT2D eigenvalue weighted by molar-refractivity contribution is 1.14. The molecule has 0 unspecified atom stereocenters. The Labute approximate surface area is 88.0 Å². The van der Waals surface area contributed by atoms with E-state index in [-0.39, 0.29) is 0 Å². The van der Waals surface area contributed by atoms with Crippen LogP contribution in [0, 0.1) is 20.8 Å². The first-order chi connectivity index (χ1) is 6.59. The lowest BCUT2D eigenvalue weighted by atomic mass is 10.1. The molecule has 2 rings (SSSR count). The first kappa shape index (κ1) is 9.41. The fourth-order valence-corrected chi connectivity index (χ4v) is 1.76. The summed E-state index contributed by atoms with van der Waals surface area (Å²) in [5, 5.41) is 1.40. The van der Waals surface area contributed by atoms with Crippen molar-refractivity contribution < 1.29 is 0 Å². The Morgan fingerprint density at radius 2 is 1.79 bits per heavy atom. The Morgan fingerprint density at radius 1 is 1.07 bits per heavy atom.